The Hall–Kier alpha value is -2.08. The van der Waals surface area contributed by atoms with Crippen LogP contribution in [-0.2, 0) is 12.7 Å². The topological polar surface area (TPSA) is 19.4 Å². The number of pyridine rings is 1. The van der Waals surface area contributed by atoms with Gasteiger partial charge in [0.1, 0.15) is 5.82 Å². The Morgan fingerprint density at radius 3 is 2.52 bits per heavy atom. The molecule has 1 fully saturated rings. The predicted molar refractivity (Wildman–Crippen MR) is 92.4 cm³/mol. The molecule has 1 saturated heterocycles. The summed E-state index contributed by atoms with van der Waals surface area (Å²) in [6.07, 6.45) is -2.15. The Kier molecular flexibility index (Phi) is 5.27. The largest absolute Gasteiger partial charge is 0.419 e. The van der Waals surface area contributed by atoms with E-state index in [0.29, 0.717) is 25.7 Å². The Morgan fingerprint density at radius 1 is 1.04 bits per heavy atom. The molecule has 3 rings (SSSR count). The summed E-state index contributed by atoms with van der Waals surface area (Å²) in [6, 6.07) is 12.9. The van der Waals surface area contributed by atoms with Gasteiger partial charge in [-0.1, -0.05) is 30.3 Å². The van der Waals surface area contributed by atoms with Crippen molar-refractivity contribution in [2.75, 3.05) is 24.5 Å². The molecule has 2 heterocycles. The third-order valence-corrected chi connectivity index (χ3v) is 4.72. The maximum Gasteiger partial charge on any atom is 0.419 e. The van der Waals surface area contributed by atoms with Gasteiger partial charge in [-0.15, -0.1) is 0 Å². The molecule has 1 atom stereocenters. The Morgan fingerprint density at radius 2 is 1.80 bits per heavy atom. The summed E-state index contributed by atoms with van der Waals surface area (Å²) in [5.41, 5.74) is 0.566. The normalized spacial score (nSPS) is 19.7. The summed E-state index contributed by atoms with van der Waals surface area (Å²) in [5, 5.41) is 0. The van der Waals surface area contributed by atoms with Gasteiger partial charge in [0, 0.05) is 38.4 Å². The zero-order valence-electron chi connectivity index (χ0n) is 14.2. The van der Waals surface area contributed by atoms with E-state index in [1.807, 2.05) is 18.2 Å². The number of alkyl halides is 3. The van der Waals surface area contributed by atoms with Crippen LogP contribution in [0.5, 0.6) is 0 Å². The fourth-order valence-electron chi connectivity index (χ4n) is 3.24. The number of aromatic nitrogens is 1. The van der Waals surface area contributed by atoms with E-state index < -0.39 is 11.7 Å². The number of benzene rings is 1. The maximum atomic E-state index is 13.3. The van der Waals surface area contributed by atoms with Gasteiger partial charge in [-0.3, -0.25) is 4.90 Å². The Labute approximate surface area is 146 Å². The highest BCUT2D eigenvalue weighted by atomic mass is 19.4. The van der Waals surface area contributed by atoms with Gasteiger partial charge >= 0.3 is 6.18 Å². The van der Waals surface area contributed by atoms with Crippen LogP contribution in [0.3, 0.4) is 0 Å². The number of rotatable bonds is 3. The first-order valence-corrected chi connectivity index (χ1v) is 8.50. The molecule has 0 aliphatic carbocycles. The molecular weight excluding hydrogens is 327 g/mol. The van der Waals surface area contributed by atoms with Crippen molar-refractivity contribution >= 4 is 5.82 Å². The summed E-state index contributed by atoms with van der Waals surface area (Å²) in [6.45, 7) is 4.77. The standard InChI is InChI=1S/C19H22F3N3/c1-15-9-11-24(18-17(19(20,21)22)8-5-10-23-18)12-13-25(15)14-16-6-3-2-4-7-16/h2-8,10,15H,9,11-14H2,1H3. The lowest BCUT2D eigenvalue weighted by Gasteiger charge is -2.26. The number of hydrogen-bond acceptors (Lipinski definition) is 3. The monoisotopic (exact) mass is 349 g/mol. The van der Waals surface area contributed by atoms with Crippen LogP contribution in [-0.4, -0.2) is 35.6 Å². The zero-order valence-corrected chi connectivity index (χ0v) is 14.2. The molecule has 0 bridgehead atoms. The molecule has 25 heavy (non-hydrogen) atoms. The lowest BCUT2D eigenvalue weighted by Crippen LogP contribution is -2.34. The lowest BCUT2D eigenvalue weighted by molar-refractivity contribution is -0.137. The second-order valence-electron chi connectivity index (χ2n) is 6.45. The van der Waals surface area contributed by atoms with Crippen LogP contribution >= 0.6 is 0 Å². The van der Waals surface area contributed by atoms with Crippen LogP contribution in [0.25, 0.3) is 0 Å². The number of hydrogen-bond donors (Lipinski definition) is 0. The predicted octanol–water partition coefficient (Wildman–Crippen LogP) is 4.20. The molecule has 0 spiro atoms. The van der Waals surface area contributed by atoms with Gasteiger partial charge in [0.25, 0.3) is 0 Å². The summed E-state index contributed by atoms with van der Waals surface area (Å²) in [4.78, 5) is 8.13. The first-order chi connectivity index (χ1) is 11.9. The van der Waals surface area contributed by atoms with Crippen LogP contribution in [0.2, 0.25) is 0 Å². The molecule has 6 heteroatoms. The number of halogens is 3. The average Bonchev–Trinajstić information content (AvgIpc) is 2.78. The molecule has 0 N–H and O–H groups in total. The molecular formula is C19H22F3N3. The van der Waals surface area contributed by atoms with Crippen molar-refractivity contribution in [2.24, 2.45) is 0 Å². The molecule has 0 saturated carbocycles. The van der Waals surface area contributed by atoms with Gasteiger partial charge in [0.2, 0.25) is 0 Å². The van der Waals surface area contributed by atoms with Crippen molar-refractivity contribution in [2.45, 2.75) is 32.1 Å². The summed E-state index contributed by atoms with van der Waals surface area (Å²) >= 11 is 0. The summed E-state index contributed by atoms with van der Waals surface area (Å²) < 4.78 is 39.8. The maximum absolute atomic E-state index is 13.3. The van der Waals surface area contributed by atoms with Gasteiger partial charge in [-0.05, 0) is 31.0 Å². The molecule has 134 valence electrons. The minimum Gasteiger partial charge on any atom is -0.355 e. The van der Waals surface area contributed by atoms with Gasteiger partial charge in [0.15, 0.2) is 0 Å². The minimum atomic E-state index is -4.38. The van der Waals surface area contributed by atoms with E-state index >= 15 is 0 Å². The van der Waals surface area contributed by atoms with Gasteiger partial charge in [0.05, 0.1) is 5.56 Å². The highest BCUT2D eigenvalue weighted by molar-refractivity contribution is 5.48. The van der Waals surface area contributed by atoms with E-state index in [0.717, 1.165) is 19.0 Å². The summed E-state index contributed by atoms with van der Waals surface area (Å²) in [7, 11) is 0. The molecule has 1 aromatic heterocycles. The van der Waals surface area contributed by atoms with Crippen LogP contribution in [0.4, 0.5) is 19.0 Å². The molecule has 1 aromatic carbocycles. The smallest absolute Gasteiger partial charge is 0.355 e. The van der Waals surface area contributed by atoms with E-state index in [1.165, 1.54) is 17.8 Å². The molecule has 1 aliphatic heterocycles. The fraction of sp³-hybridized carbons (Fsp3) is 0.421. The second-order valence-corrected chi connectivity index (χ2v) is 6.45. The van der Waals surface area contributed by atoms with E-state index in [4.69, 9.17) is 0 Å². The minimum absolute atomic E-state index is 0.0451. The quantitative estimate of drug-likeness (QED) is 0.828. The van der Waals surface area contributed by atoms with Crippen LogP contribution in [0, 0.1) is 0 Å². The van der Waals surface area contributed by atoms with Crippen molar-refractivity contribution in [1.82, 2.24) is 9.88 Å². The molecule has 1 unspecified atom stereocenters. The highest BCUT2D eigenvalue weighted by Gasteiger charge is 2.36. The lowest BCUT2D eigenvalue weighted by atomic mass is 10.1. The van der Waals surface area contributed by atoms with Crippen molar-refractivity contribution in [3.63, 3.8) is 0 Å². The van der Waals surface area contributed by atoms with E-state index in [2.05, 4.69) is 28.9 Å². The third kappa shape index (κ3) is 4.31. The van der Waals surface area contributed by atoms with Gasteiger partial charge in [-0.2, -0.15) is 13.2 Å². The van der Waals surface area contributed by atoms with Gasteiger partial charge in [-0.25, -0.2) is 4.98 Å². The first kappa shape index (κ1) is 17.7. The number of nitrogens with zero attached hydrogens (tertiary/aromatic N) is 3. The van der Waals surface area contributed by atoms with Crippen LogP contribution in [0.15, 0.2) is 48.7 Å². The Bertz CT molecular complexity index is 688. The molecule has 1 aliphatic rings. The van der Waals surface area contributed by atoms with Gasteiger partial charge < -0.3 is 4.90 Å². The SMILES string of the molecule is CC1CCN(c2ncccc2C(F)(F)F)CCN1Cc1ccccc1. The van der Waals surface area contributed by atoms with Crippen LogP contribution < -0.4 is 4.90 Å². The van der Waals surface area contributed by atoms with E-state index in [1.54, 1.807) is 4.90 Å². The molecule has 0 radical (unpaired) electrons. The van der Waals surface area contributed by atoms with Crippen molar-refractivity contribution < 1.29 is 13.2 Å². The fourth-order valence-corrected chi connectivity index (χ4v) is 3.24. The molecule has 0 amide bonds. The molecule has 3 nitrogen and oxygen atoms in total. The average molecular weight is 349 g/mol. The Balaban J connectivity index is 1.75. The highest BCUT2D eigenvalue weighted by Crippen LogP contribution is 2.35. The van der Waals surface area contributed by atoms with E-state index in [-0.39, 0.29) is 5.82 Å². The molecule has 2 aromatic rings. The zero-order chi connectivity index (χ0) is 17.9. The van der Waals surface area contributed by atoms with E-state index in [9.17, 15) is 13.2 Å². The van der Waals surface area contributed by atoms with Crippen molar-refractivity contribution in [3.05, 3.63) is 59.8 Å². The third-order valence-electron chi connectivity index (χ3n) is 4.72. The summed E-state index contributed by atoms with van der Waals surface area (Å²) in [5.74, 6) is 0.0451. The number of anilines is 1. The first-order valence-electron chi connectivity index (χ1n) is 8.50. The van der Waals surface area contributed by atoms with Crippen LogP contribution in [0.1, 0.15) is 24.5 Å². The van der Waals surface area contributed by atoms with Crippen molar-refractivity contribution in [3.8, 4) is 0 Å². The van der Waals surface area contributed by atoms with Crippen molar-refractivity contribution in [1.29, 1.82) is 0 Å². The second kappa shape index (κ2) is 7.44.